The van der Waals surface area contributed by atoms with Crippen molar-refractivity contribution in [1.29, 1.82) is 0 Å². The first kappa shape index (κ1) is 27.3. The Kier molecular flexibility index (Phi) is 9.53. The third-order valence-corrected chi connectivity index (χ3v) is 6.20. The fraction of sp³-hybridized carbons (Fsp3) is 0.448. The van der Waals surface area contributed by atoms with Crippen LogP contribution in [0.25, 0.3) is 5.76 Å². The predicted octanol–water partition coefficient (Wildman–Crippen LogP) is 4.95. The first-order valence-electron chi connectivity index (χ1n) is 12.7. The molecule has 0 spiro atoms. The number of aryl methyl sites for hydroxylation is 1. The monoisotopic (exact) mass is 494 g/mol. The number of unbranched alkanes of at least 4 members (excludes halogenated alkanes) is 1. The molecule has 0 aliphatic carbocycles. The van der Waals surface area contributed by atoms with E-state index in [1.807, 2.05) is 57.1 Å². The molecule has 1 unspecified atom stereocenters. The molecule has 0 bridgehead atoms. The van der Waals surface area contributed by atoms with E-state index in [1.54, 1.807) is 23.1 Å². The molecule has 7 heteroatoms. The van der Waals surface area contributed by atoms with Gasteiger partial charge in [-0.15, -0.1) is 0 Å². The summed E-state index contributed by atoms with van der Waals surface area (Å²) in [7, 11) is 3.83. The standard InChI is InChI=1S/C29H38N2O5/c1-6-8-18-35-23-12-9-21(10-13-23)26-25(28(33)29(34)31(26)16-15-30(4)5)27(32)22-11-14-24(20(3)19-22)36-17-7-2/h9-14,19,26,32H,6-8,15-18H2,1-5H3. The van der Waals surface area contributed by atoms with Crippen molar-refractivity contribution in [3.05, 3.63) is 64.7 Å². The van der Waals surface area contributed by atoms with Crippen molar-refractivity contribution < 1.29 is 24.2 Å². The van der Waals surface area contributed by atoms with Gasteiger partial charge in [0.15, 0.2) is 0 Å². The fourth-order valence-electron chi connectivity index (χ4n) is 4.17. The van der Waals surface area contributed by atoms with Gasteiger partial charge in [0.05, 0.1) is 24.8 Å². The van der Waals surface area contributed by atoms with Crippen molar-refractivity contribution in [3.63, 3.8) is 0 Å². The van der Waals surface area contributed by atoms with E-state index in [4.69, 9.17) is 9.47 Å². The van der Waals surface area contributed by atoms with Crippen LogP contribution in [0.1, 0.15) is 55.8 Å². The zero-order chi connectivity index (χ0) is 26.2. The summed E-state index contributed by atoms with van der Waals surface area (Å²) in [6, 6.07) is 12.0. The number of likely N-dealkylation sites (N-methyl/N-ethyl adjacent to an activating group) is 1. The van der Waals surface area contributed by atoms with Crippen molar-refractivity contribution in [1.82, 2.24) is 9.80 Å². The minimum atomic E-state index is -0.689. The summed E-state index contributed by atoms with van der Waals surface area (Å²) >= 11 is 0. The topological polar surface area (TPSA) is 79.3 Å². The number of ketones is 1. The first-order valence-corrected chi connectivity index (χ1v) is 12.7. The molecule has 1 aliphatic heterocycles. The summed E-state index contributed by atoms with van der Waals surface area (Å²) < 4.78 is 11.5. The summed E-state index contributed by atoms with van der Waals surface area (Å²) in [4.78, 5) is 29.8. The number of carbonyl (C=O) groups is 2. The second-order valence-corrected chi connectivity index (χ2v) is 9.40. The SMILES string of the molecule is CCCCOc1ccc(C2C(=C(O)c3ccc(OCCC)c(C)c3)C(=O)C(=O)N2CCN(C)C)cc1. The summed E-state index contributed by atoms with van der Waals surface area (Å²) in [6.45, 7) is 8.22. The number of Topliss-reactive ketones (excluding diaryl/α,β-unsaturated/α-hetero) is 1. The van der Waals surface area contributed by atoms with Gasteiger partial charge < -0.3 is 24.4 Å². The second kappa shape index (κ2) is 12.6. The van der Waals surface area contributed by atoms with E-state index in [0.29, 0.717) is 31.9 Å². The van der Waals surface area contributed by atoms with Gasteiger partial charge >= 0.3 is 0 Å². The second-order valence-electron chi connectivity index (χ2n) is 9.40. The number of benzene rings is 2. The molecule has 2 aromatic carbocycles. The van der Waals surface area contributed by atoms with Gasteiger partial charge in [0.2, 0.25) is 0 Å². The zero-order valence-corrected chi connectivity index (χ0v) is 22.0. The van der Waals surface area contributed by atoms with Crippen molar-refractivity contribution in [2.45, 2.75) is 46.1 Å². The van der Waals surface area contributed by atoms with Gasteiger partial charge in [0.25, 0.3) is 11.7 Å². The van der Waals surface area contributed by atoms with Crippen LogP contribution in [-0.2, 0) is 9.59 Å². The smallest absolute Gasteiger partial charge is 0.295 e. The largest absolute Gasteiger partial charge is 0.507 e. The van der Waals surface area contributed by atoms with Crippen LogP contribution in [0.2, 0.25) is 0 Å². The molecule has 7 nitrogen and oxygen atoms in total. The number of ether oxygens (including phenoxy) is 2. The molecule has 0 aromatic heterocycles. The lowest BCUT2D eigenvalue weighted by Crippen LogP contribution is -2.35. The Bertz CT molecular complexity index is 1090. The molecule has 3 rings (SSSR count). The highest BCUT2D eigenvalue weighted by atomic mass is 16.5. The molecule has 1 saturated heterocycles. The van der Waals surface area contributed by atoms with Crippen molar-refractivity contribution >= 4 is 17.4 Å². The van der Waals surface area contributed by atoms with Gasteiger partial charge in [-0.3, -0.25) is 9.59 Å². The van der Waals surface area contributed by atoms with Gasteiger partial charge in [0.1, 0.15) is 17.3 Å². The number of carbonyl (C=O) groups excluding carboxylic acids is 2. The maximum Gasteiger partial charge on any atom is 0.295 e. The van der Waals surface area contributed by atoms with Crippen LogP contribution in [0.3, 0.4) is 0 Å². The Morgan fingerprint density at radius 3 is 2.33 bits per heavy atom. The quantitative estimate of drug-likeness (QED) is 0.195. The molecule has 0 saturated carbocycles. The van der Waals surface area contributed by atoms with Gasteiger partial charge in [-0.1, -0.05) is 32.4 Å². The lowest BCUT2D eigenvalue weighted by atomic mass is 9.94. The van der Waals surface area contributed by atoms with Crippen molar-refractivity contribution in [2.24, 2.45) is 0 Å². The molecule has 36 heavy (non-hydrogen) atoms. The van der Waals surface area contributed by atoms with Gasteiger partial charge in [-0.25, -0.2) is 0 Å². The molecule has 1 amide bonds. The Labute approximate surface area is 214 Å². The van der Waals surface area contributed by atoms with Crippen LogP contribution in [0, 0.1) is 6.92 Å². The molecule has 1 heterocycles. The van der Waals surface area contributed by atoms with Crippen LogP contribution in [0.15, 0.2) is 48.0 Å². The molecular formula is C29H38N2O5. The number of rotatable bonds is 12. The number of nitrogens with zero attached hydrogens (tertiary/aromatic N) is 2. The minimum Gasteiger partial charge on any atom is -0.507 e. The van der Waals surface area contributed by atoms with E-state index >= 15 is 0 Å². The summed E-state index contributed by atoms with van der Waals surface area (Å²) in [5, 5.41) is 11.3. The molecule has 1 atom stereocenters. The van der Waals surface area contributed by atoms with Crippen LogP contribution in [-0.4, -0.2) is 67.0 Å². The first-order chi connectivity index (χ1) is 17.3. The van der Waals surface area contributed by atoms with E-state index in [2.05, 4.69) is 6.92 Å². The Morgan fingerprint density at radius 2 is 1.72 bits per heavy atom. The Hall–Kier alpha value is -3.32. The average molecular weight is 495 g/mol. The number of aliphatic hydroxyl groups excluding tert-OH is 1. The molecule has 1 fully saturated rings. The number of amides is 1. The fourth-order valence-corrected chi connectivity index (χ4v) is 4.17. The molecule has 1 aliphatic rings. The van der Waals surface area contributed by atoms with Gasteiger partial charge in [-0.2, -0.15) is 0 Å². The maximum atomic E-state index is 13.2. The average Bonchev–Trinajstić information content (AvgIpc) is 3.11. The number of hydrogen-bond acceptors (Lipinski definition) is 6. The highest BCUT2D eigenvalue weighted by molar-refractivity contribution is 6.46. The van der Waals surface area contributed by atoms with E-state index in [0.717, 1.165) is 41.9 Å². The zero-order valence-electron chi connectivity index (χ0n) is 22.0. The van der Waals surface area contributed by atoms with E-state index in [-0.39, 0.29) is 11.3 Å². The lowest BCUT2D eigenvalue weighted by Gasteiger charge is -2.26. The summed E-state index contributed by atoms with van der Waals surface area (Å²) in [6.07, 6.45) is 2.90. The van der Waals surface area contributed by atoms with Crippen LogP contribution in [0.4, 0.5) is 0 Å². The lowest BCUT2D eigenvalue weighted by molar-refractivity contribution is -0.140. The molecular weight excluding hydrogens is 456 g/mol. The normalized spacial score (nSPS) is 17.2. The minimum absolute atomic E-state index is 0.0973. The van der Waals surface area contributed by atoms with Crippen LogP contribution < -0.4 is 9.47 Å². The molecule has 2 aromatic rings. The van der Waals surface area contributed by atoms with E-state index in [1.165, 1.54) is 0 Å². The third-order valence-electron chi connectivity index (χ3n) is 6.20. The van der Waals surface area contributed by atoms with Gasteiger partial charge in [-0.05, 0) is 75.3 Å². The maximum absolute atomic E-state index is 13.2. The van der Waals surface area contributed by atoms with Crippen molar-refractivity contribution in [3.8, 4) is 11.5 Å². The van der Waals surface area contributed by atoms with E-state index in [9.17, 15) is 14.7 Å². The number of hydrogen-bond donors (Lipinski definition) is 1. The molecule has 1 N–H and O–H groups in total. The third kappa shape index (κ3) is 6.26. The Morgan fingerprint density at radius 1 is 1.00 bits per heavy atom. The Balaban J connectivity index is 2.02. The number of likely N-dealkylation sites (tertiary alicyclic amines) is 1. The van der Waals surface area contributed by atoms with E-state index < -0.39 is 17.7 Å². The predicted molar refractivity (Wildman–Crippen MR) is 141 cm³/mol. The molecule has 0 radical (unpaired) electrons. The summed E-state index contributed by atoms with van der Waals surface area (Å²) in [5.74, 6) is -0.000293. The summed E-state index contributed by atoms with van der Waals surface area (Å²) in [5.41, 5.74) is 2.17. The van der Waals surface area contributed by atoms with Gasteiger partial charge in [0, 0.05) is 18.7 Å². The van der Waals surface area contributed by atoms with Crippen LogP contribution in [0.5, 0.6) is 11.5 Å². The van der Waals surface area contributed by atoms with Crippen molar-refractivity contribution in [2.75, 3.05) is 40.4 Å². The molecule has 194 valence electrons. The number of aliphatic hydroxyl groups is 1. The highest BCUT2D eigenvalue weighted by Crippen LogP contribution is 2.40. The van der Waals surface area contributed by atoms with Crippen LogP contribution >= 0.6 is 0 Å². The highest BCUT2D eigenvalue weighted by Gasteiger charge is 2.45.